The van der Waals surface area contributed by atoms with Crippen LogP contribution in [0.3, 0.4) is 0 Å². The fourth-order valence-corrected chi connectivity index (χ4v) is 1.63. The van der Waals surface area contributed by atoms with Crippen LogP contribution in [0.5, 0.6) is 5.75 Å². The lowest BCUT2D eigenvalue weighted by molar-refractivity contribution is -0.117. The van der Waals surface area contributed by atoms with Crippen molar-refractivity contribution in [3.05, 3.63) is 54.2 Å². The molecule has 0 aliphatic rings. The number of nitrogens with zero attached hydrogens (tertiary/aromatic N) is 1. The highest BCUT2D eigenvalue weighted by molar-refractivity contribution is 5.94. The van der Waals surface area contributed by atoms with Gasteiger partial charge in [-0.2, -0.15) is 0 Å². The lowest BCUT2D eigenvalue weighted by atomic mass is 10.1. The van der Waals surface area contributed by atoms with Crippen LogP contribution in [0.1, 0.15) is 5.56 Å². The van der Waals surface area contributed by atoms with E-state index < -0.39 is 6.04 Å². The minimum Gasteiger partial charge on any atom is -0.508 e. The van der Waals surface area contributed by atoms with Crippen molar-refractivity contribution in [2.24, 2.45) is 5.73 Å². The Kier molecular flexibility index (Phi) is 4.10. The first-order valence-electron chi connectivity index (χ1n) is 5.90. The minimum atomic E-state index is -0.661. The van der Waals surface area contributed by atoms with Crippen LogP contribution in [0.4, 0.5) is 5.82 Å². The number of aromatic hydroxyl groups is 1. The van der Waals surface area contributed by atoms with E-state index in [1.807, 2.05) is 0 Å². The zero-order valence-corrected chi connectivity index (χ0v) is 10.3. The van der Waals surface area contributed by atoms with Crippen LogP contribution < -0.4 is 11.1 Å². The SMILES string of the molecule is NC(Cc1ccc(O)cc1)C(=O)Nc1ccccn1. The van der Waals surface area contributed by atoms with Crippen molar-refractivity contribution in [2.75, 3.05) is 5.32 Å². The molecule has 0 saturated heterocycles. The molecule has 19 heavy (non-hydrogen) atoms. The maximum atomic E-state index is 11.9. The number of hydrogen-bond acceptors (Lipinski definition) is 4. The van der Waals surface area contributed by atoms with Gasteiger partial charge in [0, 0.05) is 6.20 Å². The molecule has 0 radical (unpaired) electrons. The average molecular weight is 257 g/mol. The summed E-state index contributed by atoms with van der Waals surface area (Å²) in [6, 6.07) is 11.2. The standard InChI is InChI=1S/C14H15N3O2/c15-12(9-10-4-6-11(18)7-5-10)14(19)17-13-3-1-2-8-16-13/h1-8,12,18H,9,15H2,(H,16,17,19). The van der Waals surface area contributed by atoms with Gasteiger partial charge in [-0.25, -0.2) is 4.98 Å². The second-order valence-electron chi connectivity index (χ2n) is 4.18. The van der Waals surface area contributed by atoms with E-state index in [-0.39, 0.29) is 11.7 Å². The van der Waals surface area contributed by atoms with E-state index in [4.69, 9.17) is 5.73 Å². The highest BCUT2D eigenvalue weighted by Gasteiger charge is 2.14. The lowest BCUT2D eigenvalue weighted by Gasteiger charge is -2.11. The van der Waals surface area contributed by atoms with Gasteiger partial charge in [0.2, 0.25) is 5.91 Å². The van der Waals surface area contributed by atoms with E-state index in [9.17, 15) is 9.90 Å². The predicted molar refractivity (Wildman–Crippen MR) is 72.7 cm³/mol. The molecule has 5 heteroatoms. The van der Waals surface area contributed by atoms with Crippen LogP contribution in [-0.2, 0) is 11.2 Å². The summed E-state index contributed by atoms with van der Waals surface area (Å²) in [5, 5.41) is 11.8. The van der Waals surface area contributed by atoms with Crippen LogP contribution in [0.15, 0.2) is 48.7 Å². The first-order valence-corrected chi connectivity index (χ1v) is 5.90. The third kappa shape index (κ3) is 3.79. The fraction of sp³-hybridized carbons (Fsp3) is 0.143. The van der Waals surface area contributed by atoms with Gasteiger partial charge in [-0.15, -0.1) is 0 Å². The Balaban J connectivity index is 1.94. The van der Waals surface area contributed by atoms with Crippen molar-refractivity contribution in [1.29, 1.82) is 0 Å². The summed E-state index contributed by atoms with van der Waals surface area (Å²) < 4.78 is 0. The summed E-state index contributed by atoms with van der Waals surface area (Å²) in [6.07, 6.45) is 2.00. The van der Waals surface area contributed by atoms with Crippen molar-refractivity contribution in [3.8, 4) is 5.75 Å². The molecule has 0 aliphatic heterocycles. The van der Waals surface area contributed by atoms with Crippen LogP contribution in [-0.4, -0.2) is 22.0 Å². The first-order chi connectivity index (χ1) is 9.15. The smallest absolute Gasteiger partial charge is 0.242 e. The molecule has 0 bridgehead atoms. The average Bonchev–Trinajstić information content (AvgIpc) is 2.42. The number of nitrogens with two attached hydrogens (primary N) is 1. The number of hydrogen-bond donors (Lipinski definition) is 3. The van der Waals surface area contributed by atoms with Crippen molar-refractivity contribution in [3.63, 3.8) is 0 Å². The second kappa shape index (κ2) is 5.97. The minimum absolute atomic E-state index is 0.190. The van der Waals surface area contributed by atoms with E-state index in [2.05, 4.69) is 10.3 Å². The predicted octanol–water partition coefficient (Wildman–Crippen LogP) is 1.30. The Labute approximate surface area is 111 Å². The molecule has 98 valence electrons. The highest BCUT2D eigenvalue weighted by Crippen LogP contribution is 2.11. The normalized spacial score (nSPS) is 11.8. The highest BCUT2D eigenvalue weighted by atomic mass is 16.3. The molecule has 0 saturated carbocycles. The maximum Gasteiger partial charge on any atom is 0.242 e. The molecule has 1 amide bonds. The van der Waals surface area contributed by atoms with Gasteiger partial charge < -0.3 is 16.2 Å². The lowest BCUT2D eigenvalue weighted by Crippen LogP contribution is -2.37. The number of rotatable bonds is 4. The molecule has 5 nitrogen and oxygen atoms in total. The third-order valence-electron chi connectivity index (χ3n) is 2.64. The second-order valence-corrected chi connectivity index (χ2v) is 4.18. The van der Waals surface area contributed by atoms with E-state index in [0.29, 0.717) is 12.2 Å². The maximum absolute atomic E-state index is 11.9. The molecule has 1 aromatic carbocycles. The molecule has 1 unspecified atom stereocenters. The fourth-order valence-electron chi connectivity index (χ4n) is 1.63. The first kappa shape index (κ1) is 13.0. The van der Waals surface area contributed by atoms with Crippen molar-refractivity contribution >= 4 is 11.7 Å². The van der Waals surface area contributed by atoms with Gasteiger partial charge in [0.15, 0.2) is 0 Å². The summed E-state index contributed by atoms with van der Waals surface area (Å²) in [5.74, 6) is 0.385. The molecule has 2 aromatic rings. The van der Waals surface area contributed by atoms with Gasteiger partial charge in [-0.3, -0.25) is 4.79 Å². The molecule has 4 N–H and O–H groups in total. The summed E-state index contributed by atoms with van der Waals surface area (Å²) >= 11 is 0. The van der Waals surface area contributed by atoms with Gasteiger partial charge >= 0.3 is 0 Å². The van der Waals surface area contributed by atoms with Crippen LogP contribution in [0, 0.1) is 0 Å². The Morgan fingerprint density at radius 2 is 2.00 bits per heavy atom. The zero-order chi connectivity index (χ0) is 13.7. The number of carbonyl (C=O) groups is 1. The van der Waals surface area contributed by atoms with Gasteiger partial charge in [0.25, 0.3) is 0 Å². The molecule has 1 atom stereocenters. The van der Waals surface area contributed by atoms with E-state index in [1.54, 1.807) is 48.7 Å². The van der Waals surface area contributed by atoms with Crippen molar-refractivity contribution in [2.45, 2.75) is 12.5 Å². The Morgan fingerprint density at radius 3 is 2.63 bits per heavy atom. The zero-order valence-electron chi connectivity index (χ0n) is 10.3. The summed E-state index contributed by atoms with van der Waals surface area (Å²) in [5.41, 5.74) is 6.72. The van der Waals surface area contributed by atoms with Crippen molar-refractivity contribution in [1.82, 2.24) is 4.98 Å². The van der Waals surface area contributed by atoms with Gasteiger partial charge in [0.1, 0.15) is 11.6 Å². The molecular weight excluding hydrogens is 242 g/mol. The molecule has 0 aliphatic carbocycles. The summed E-state index contributed by atoms with van der Waals surface area (Å²) in [6.45, 7) is 0. The van der Waals surface area contributed by atoms with Crippen LogP contribution >= 0.6 is 0 Å². The molecular formula is C14H15N3O2. The van der Waals surface area contributed by atoms with Crippen LogP contribution in [0.25, 0.3) is 0 Å². The summed E-state index contributed by atoms with van der Waals surface area (Å²) in [4.78, 5) is 15.9. The molecule has 0 spiro atoms. The quantitative estimate of drug-likeness (QED) is 0.770. The van der Waals surface area contributed by atoms with E-state index in [1.165, 1.54) is 0 Å². The Morgan fingerprint density at radius 1 is 1.26 bits per heavy atom. The third-order valence-corrected chi connectivity index (χ3v) is 2.64. The molecule has 0 fully saturated rings. The monoisotopic (exact) mass is 257 g/mol. The topological polar surface area (TPSA) is 88.2 Å². The largest absolute Gasteiger partial charge is 0.508 e. The number of phenolic OH excluding ortho intramolecular Hbond substituents is 1. The number of benzene rings is 1. The van der Waals surface area contributed by atoms with Crippen molar-refractivity contribution < 1.29 is 9.90 Å². The molecule has 2 rings (SSSR count). The summed E-state index contributed by atoms with van der Waals surface area (Å²) in [7, 11) is 0. The van der Waals surface area contributed by atoms with E-state index in [0.717, 1.165) is 5.56 Å². The Bertz CT molecular complexity index is 540. The van der Waals surface area contributed by atoms with Gasteiger partial charge in [-0.1, -0.05) is 18.2 Å². The van der Waals surface area contributed by atoms with Gasteiger partial charge in [-0.05, 0) is 36.2 Å². The number of carbonyl (C=O) groups excluding carboxylic acids is 1. The van der Waals surface area contributed by atoms with Crippen LogP contribution in [0.2, 0.25) is 0 Å². The van der Waals surface area contributed by atoms with Gasteiger partial charge in [0.05, 0.1) is 6.04 Å². The van der Waals surface area contributed by atoms with E-state index >= 15 is 0 Å². The number of amides is 1. The molecule has 1 aromatic heterocycles. The number of phenols is 1. The number of aromatic nitrogens is 1. The number of anilines is 1. The number of pyridine rings is 1. The molecule has 1 heterocycles. The number of nitrogens with one attached hydrogen (secondary N) is 1. The Hall–Kier alpha value is -2.40.